The summed E-state index contributed by atoms with van der Waals surface area (Å²) >= 11 is 6.28. The predicted octanol–water partition coefficient (Wildman–Crippen LogP) is 4.65. The number of benzene rings is 1. The van der Waals surface area contributed by atoms with Gasteiger partial charge in [0.05, 0.1) is 19.4 Å². The Bertz CT molecular complexity index is 850. The van der Waals surface area contributed by atoms with E-state index in [0.717, 1.165) is 20.2 Å². The van der Waals surface area contributed by atoms with E-state index in [1.807, 2.05) is 48.8 Å². The zero-order chi connectivity index (χ0) is 19.1. The van der Waals surface area contributed by atoms with Crippen molar-refractivity contribution in [2.75, 3.05) is 19.9 Å². The third-order valence-corrected chi connectivity index (χ3v) is 7.73. The minimum absolute atomic E-state index is 0.0936. The summed E-state index contributed by atoms with van der Waals surface area (Å²) in [5.74, 6) is 2.15. The van der Waals surface area contributed by atoms with Crippen molar-refractivity contribution in [3.05, 3.63) is 52.2 Å². The molecule has 0 atom stereocenters. The monoisotopic (exact) mass is 437 g/mol. The van der Waals surface area contributed by atoms with Crippen molar-refractivity contribution in [2.24, 2.45) is 0 Å². The number of nitrogens with zero attached hydrogens (tertiary/aromatic N) is 3. The first kappa shape index (κ1) is 20.2. The van der Waals surface area contributed by atoms with Gasteiger partial charge in [-0.05, 0) is 29.1 Å². The molecular formula is C18H19N3O2S4. The Balaban J connectivity index is 1.43. The van der Waals surface area contributed by atoms with Crippen molar-refractivity contribution >= 4 is 52.1 Å². The lowest BCUT2D eigenvalue weighted by molar-refractivity contribution is -0.127. The van der Waals surface area contributed by atoms with Crippen LogP contribution < -0.4 is 4.74 Å². The van der Waals surface area contributed by atoms with Crippen LogP contribution in [0.3, 0.4) is 0 Å². The van der Waals surface area contributed by atoms with Gasteiger partial charge in [0.2, 0.25) is 5.91 Å². The first-order chi connectivity index (χ1) is 13.1. The van der Waals surface area contributed by atoms with Crippen molar-refractivity contribution in [3.8, 4) is 5.75 Å². The number of methoxy groups -OCH3 is 1. The summed E-state index contributed by atoms with van der Waals surface area (Å²) in [4.78, 5) is 15.2. The summed E-state index contributed by atoms with van der Waals surface area (Å²) in [6.07, 6.45) is 0. The maximum atomic E-state index is 12.3. The van der Waals surface area contributed by atoms with E-state index in [0.29, 0.717) is 12.3 Å². The molecule has 1 amide bonds. The highest BCUT2D eigenvalue weighted by Gasteiger charge is 2.13. The fourth-order valence-electron chi connectivity index (χ4n) is 2.14. The number of hydrogen-bond acceptors (Lipinski definition) is 8. The molecule has 2 aromatic heterocycles. The van der Waals surface area contributed by atoms with E-state index < -0.39 is 0 Å². The average Bonchev–Trinajstić information content (AvgIpc) is 3.36. The predicted molar refractivity (Wildman–Crippen MR) is 114 cm³/mol. The van der Waals surface area contributed by atoms with Crippen molar-refractivity contribution in [1.29, 1.82) is 0 Å². The van der Waals surface area contributed by atoms with E-state index in [-0.39, 0.29) is 5.91 Å². The number of rotatable bonds is 9. The molecular weight excluding hydrogens is 418 g/mol. The number of hydrogen-bond donors (Lipinski definition) is 0. The zero-order valence-corrected chi connectivity index (χ0v) is 18.2. The first-order valence-corrected chi connectivity index (χ1v) is 11.8. The second kappa shape index (κ2) is 10.1. The number of carbonyl (C=O) groups is 1. The molecule has 0 aliphatic heterocycles. The molecule has 2 heterocycles. The van der Waals surface area contributed by atoms with Gasteiger partial charge in [-0.15, -0.1) is 21.5 Å². The van der Waals surface area contributed by atoms with Crippen LogP contribution in [0.25, 0.3) is 0 Å². The Kier molecular flexibility index (Phi) is 7.57. The molecule has 0 spiro atoms. The summed E-state index contributed by atoms with van der Waals surface area (Å²) < 4.78 is 6.90. The molecule has 0 aliphatic rings. The van der Waals surface area contributed by atoms with E-state index in [9.17, 15) is 4.79 Å². The number of amides is 1. The Labute approximate surface area is 175 Å². The molecule has 3 aromatic rings. The number of thiophene rings is 1. The van der Waals surface area contributed by atoms with Crippen LogP contribution in [-0.2, 0) is 17.1 Å². The molecule has 0 bridgehead atoms. The largest absolute Gasteiger partial charge is 0.497 e. The van der Waals surface area contributed by atoms with Gasteiger partial charge < -0.3 is 9.64 Å². The lowest BCUT2D eigenvalue weighted by atomic mass is 10.2. The van der Waals surface area contributed by atoms with Crippen LogP contribution in [0.1, 0.15) is 10.4 Å². The van der Waals surface area contributed by atoms with Gasteiger partial charge in [-0.1, -0.05) is 53.1 Å². The van der Waals surface area contributed by atoms with Gasteiger partial charge in [0.15, 0.2) is 8.68 Å². The van der Waals surface area contributed by atoms with Crippen LogP contribution in [0, 0.1) is 0 Å². The van der Waals surface area contributed by atoms with E-state index in [2.05, 4.69) is 10.2 Å². The molecule has 0 radical (unpaired) electrons. The van der Waals surface area contributed by atoms with Crippen LogP contribution >= 0.6 is 46.2 Å². The quantitative estimate of drug-likeness (QED) is 0.454. The summed E-state index contributed by atoms with van der Waals surface area (Å²) in [6, 6.07) is 12.0. The molecule has 3 rings (SSSR count). The van der Waals surface area contributed by atoms with Crippen molar-refractivity contribution in [3.63, 3.8) is 0 Å². The minimum atomic E-state index is 0.0936. The van der Waals surface area contributed by atoms with Gasteiger partial charge in [-0.25, -0.2) is 0 Å². The fraction of sp³-hybridized carbons (Fsp3) is 0.278. The third-order valence-electron chi connectivity index (χ3n) is 3.63. The number of thioether (sulfide) groups is 2. The second-order valence-corrected chi connectivity index (χ2v) is 10.0. The highest BCUT2D eigenvalue weighted by molar-refractivity contribution is 8.03. The van der Waals surface area contributed by atoms with Gasteiger partial charge in [-0.3, -0.25) is 4.79 Å². The molecule has 0 saturated heterocycles. The van der Waals surface area contributed by atoms with E-state index in [1.54, 1.807) is 35.1 Å². The Morgan fingerprint density at radius 1 is 1.15 bits per heavy atom. The van der Waals surface area contributed by atoms with Crippen molar-refractivity contribution in [1.82, 2.24) is 15.1 Å². The summed E-state index contributed by atoms with van der Waals surface area (Å²) in [6.45, 7) is 0.649. The second-order valence-electron chi connectivity index (χ2n) is 5.59. The van der Waals surface area contributed by atoms with Crippen LogP contribution in [0.4, 0.5) is 0 Å². The van der Waals surface area contributed by atoms with Crippen LogP contribution in [0.5, 0.6) is 5.75 Å². The maximum Gasteiger partial charge on any atom is 0.233 e. The Hall–Kier alpha value is -1.55. The van der Waals surface area contributed by atoms with Crippen LogP contribution in [-0.4, -0.2) is 40.9 Å². The van der Waals surface area contributed by atoms with E-state index in [4.69, 9.17) is 4.74 Å². The molecule has 142 valence electrons. The minimum Gasteiger partial charge on any atom is -0.497 e. The lowest BCUT2D eigenvalue weighted by Crippen LogP contribution is -2.27. The molecule has 27 heavy (non-hydrogen) atoms. The molecule has 5 nitrogen and oxygen atoms in total. The highest BCUT2D eigenvalue weighted by Crippen LogP contribution is 2.31. The average molecular weight is 438 g/mol. The molecule has 0 aliphatic carbocycles. The molecule has 0 saturated carbocycles. The summed E-state index contributed by atoms with van der Waals surface area (Å²) in [7, 11) is 3.49. The van der Waals surface area contributed by atoms with Gasteiger partial charge in [-0.2, -0.15) is 0 Å². The maximum absolute atomic E-state index is 12.3. The van der Waals surface area contributed by atoms with Gasteiger partial charge >= 0.3 is 0 Å². The topological polar surface area (TPSA) is 55.3 Å². The van der Waals surface area contributed by atoms with E-state index in [1.165, 1.54) is 33.5 Å². The van der Waals surface area contributed by atoms with Gasteiger partial charge in [0, 0.05) is 17.7 Å². The standard InChI is InChI=1S/C18H19N3O2S4/c1-21(10-15-4-3-9-24-15)16(22)12-26-18-20-19-17(27-18)25-11-13-5-7-14(23-2)8-6-13/h3-9H,10-12H2,1-2H3. The third kappa shape index (κ3) is 6.24. The summed E-state index contributed by atoms with van der Waals surface area (Å²) in [5.41, 5.74) is 1.20. The van der Waals surface area contributed by atoms with Crippen molar-refractivity contribution in [2.45, 2.75) is 21.0 Å². The smallest absolute Gasteiger partial charge is 0.233 e. The lowest BCUT2D eigenvalue weighted by Gasteiger charge is -2.15. The number of aromatic nitrogens is 2. The molecule has 0 unspecified atom stereocenters. The number of carbonyl (C=O) groups excluding carboxylic acids is 1. The SMILES string of the molecule is COc1ccc(CSc2nnc(SCC(=O)N(C)Cc3cccs3)s2)cc1. The zero-order valence-electron chi connectivity index (χ0n) is 15.0. The normalized spacial score (nSPS) is 10.7. The van der Waals surface area contributed by atoms with E-state index >= 15 is 0 Å². The molecule has 0 N–H and O–H groups in total. The van der Waals surface area contributed by atoms with Crippen molar-refractivity contribution < 1.29 is 9.53 Å². The van der Waals surface area contributed by atoms with Crippen LogP contribution in [0.2, 0.25) is 0 Å². The highest BCUT2D eigenvalue weighted by atomic mass is 32.2. The molecule has 9 heteroatoms. The molecule has 1 aromatic carbocycles. The first-order valence-electron chi connectivity index (χ1n) is 8.12. The number of ether oxygens (including phenoxy) is 1. The molecule has 0 fully saturated rings. The van der Waals surface area contributed by atoms with Gasteiger partial charge in [0.1, 0.15) is 5.75 Å². The Morgan fingerprint density at radius 3 is 2.56 bits per heavy atom. The Morgan fingerprint density at radius 2 is 1.89 bits per heavy atom. The van der Waals surface area contributed by atoms with Gasteiger partial charge in [0.25, 0.3) is 0 Å². The summed E-state index contributed by atoms with van der Waals surface area (Å²) in [5, 5.41) is 10.4. The fourth-order valence-corrected chi connectivity index (χ4v) is 5.81. The van der Waals surface area contributed by atoms with Crippen LogP contribution in [0.15, 0.2) is 50.5 Å².